The normalized spacial score (nSPS) is 23.7. The Morgan fingerprint density at radius 2 is 1.96 bits per heavy atom. The Morgan fingerprint density at radius 3 is 2.58 bits per heavy atom. The molecule has 0 spiro atoms. The molecule has 0 saturated carbocycles. The maximum atomic E-state index is 12.6. The third kappa shape index (κ3) is 4.34. The van der Waals surface area contributed by atoms with E-state index in [4.69, 9.17) is 0 Å². The zero-order valence-corrected chi connectivity index (χ0v) is 16.3. The molecule has 6 heteroatoms. The summed E-state index contributed by atoms with van der Waals surface area (Å²) in [6.07, 6.45) is 3.50. The van der Waals surface area contributed by atoms with Crippen molar-refractivity contribution >= 4 is 21.8 Å². The minimum absolute atomic E-state index is 0.411. The number of nitrogens with zero attached hydrogens (tertiary/aromatic N) is 1. The summed E-state index contributed by atoms with van der Waals surface area (Å²) in [5.41, 5.74) is 1.90. The van der Waals surface area contributed by atoms with Crippen molar-refractivity contribution in [3.8, 4) is 0 Å². The van der Waals surface area contributed by atoms with E-state index >= 15 is 0 Å². The summed E-state index contributed by atoms with van der Waals surface area (Å²) in [5.74, 6) is 3.01. The predicted molar refractivity (Wildman–Crippen MR) is 101 cm³/mol. The number of sulfonamides is 1. The number of nitrogens with one attached hydrogen (secondary N) is 1. The molecule has 2 fully saturated rings. The molecule has 0 bridgehead atoms. The molecule has 1 atom stereocenters. The van der Waals surface area contributed by atoms with E-state index in [0.29, 0.717) is 17.4 Å². The number of hydrogen-bond donors (Lipinski definition) is 1. The Morgan fingerprint density at radius 1 is 1.21 bits per heavy atom. The molecule has 2 heterocycles. The first-order valence-electron chi connectivity index (χ1n) is 8.84. The minimum atomic E-state index is -3.40. The Kier molecular flexibility index (Phi) is 5.90. The summed E-state index contributed by atoms with van der Waals surface area (Å²) < 4.78 is 28.0. The van der Waals surface area contributed by atoms with Gasteiger partial charge in [0.2, 0.25) is 10.0 Å². The van der Waals surface area contributed by atoms with Crippen molar-refractivity contribution < 1.29 is 8.42 Å². The van der Waals surface area contributed by atoms with Gasteiger partial charge in [0.1, 0.15) is 0 Å². The van der Waals surface area contributed by atoms with Crippen molar-refractivity contribution in [3.05, 3.63) is 29.3 Å². The molecule has 4 nitrogen and oxygen atoms in total. The monoisotopic (exact) mass is 368 g/mol. The maximum Gasteiger partial charge on any atom is 0.240 e. The summed E-state index contributed by atoms with van der Waals surface area (Å²) in [4.78, 5) is 3.02. The van der Waals surface area contributed by atoms with E-state index in [9.17, 15) is 8.42 Å². The lowest BCUT2D eigenvalue weighted by molar-refractivity contribution is 0.145. The highest BCUT2D eigenvalue weighted by molar-refractivity contribution is 7.99. The summed E-state index contributed by atoms with van der Waals surface area (Å²) in [6.45, 7) is 6.62. The van der Waals surface area contributed by atoms with Crippen molar-refractivity contribution in [2.45, 2.75) is 44.0 Å². The predicted octanol–water partition coefficient (Wildman–Crippen LogP) is 2.80. The highest BCUT2D eigenvalue weighted by Crippen LogP contribution is 2.27. The highest BCUT2D eigenvalue weighted by Gasteiger charge is 2.28. The molecule has 3 rings (SSSR count). The van der Waals surface area contributed by atoms with Gasteiger partial charge in [0.25, 0.3) is 0 Å². The van der Waals surface area contributed by atoms with Crippen molar-refractivity contribution in [1.82, 2.24) is 9.62 Å². The maximum absolute atomic E-state index is 12.6. The molecule has 134 valence electrons. The van der Waals surface area contributed by atoms with Gasteiger partial charge in [-0.15, -0.1) is 0 Å². The van der Waals surface area contributed by atoms with Crippen LogP contribution < -0.4 is 4.72 Å². The molecule has 0 aliphatic carbocycles. The lowest BCUT2D eigenvalue weighted by atomic mass is 9.96. The van der Waals surface area contributed by atoms with Gasteiger partial charge in [-0.3, -0.25) is 4.90 Å². The largest absolute Gasteiger partial charge is 0.300 e. The van der Waals surface area contributed by atoms with Gasteiger partial charge in [-0.1, -0.05) is 17.7 Å². The van der Waals surface area contributed by atoms with Crippen LogP contribution in [0, 0.1) is 19.8 Å². The molecule has 2 aliphatic heterocycles. The number of rotatable bonds is 5. The van der Waals surface area contributed by atoms with Crippen LogP contribution in [0.2, 0.25) is 0 Å². The van der Waals surface area contributed by atoms with Crippen molar-refractivity contribution in [2.24, 2.45) is 5.92 Å². The van der Waals surface area contributed by atoms with Crippen LogP contribution in [0.25, 0.3) is 0 Å². The van der Waals surface area contributed by atoms with Crippen LogP contribution in [-0.2, 0) is 10.0 Å². The molecule has 0 radical (unpaired) electrons. The van der Waals surface area contributed by atoms with Gasteiger partial charge in [0.15, 0.2) is 0 Å². The van der Waals surface area contributed by atoms with Gasteiger partial charge in [0, 0.05) is 18.3 Å². The zero-order chi connectivity index (χ0) is 17.2. The molecule has 0 amide bonds. The topological polar surface area (TPSA) is 49.4 Å². The second-order valence-electron chi connectivity index (χ2n) is 7.12. The summed E-state index contributed by atoms with van der Waals surface area (Å²) in [6, 6.07) is 6.25. The quantitative estimate of drug-likeness (QED) is 0.868. The molecule has 2 aliphatic rings. The Labute approximate surface area is 150 Å². The molecular formula is C18H28N2O2S2. The fraction of sp³-hybridized carbons (Fsp3) is 0.667. The molecular weight excluding hydrogens is 340 g/mol. The van der Waals surface area contributed by atoms with E-state index < -0.39 is 10.0 Å². The van der Waals surface area contributed by atoms with E-state index in [1.165, 1.54) is 17.9 Å². The first-order valence-corrected chi connectivity index (χ1v) is 11.5. The fourth-order valence-corrected chi connectivity index (χ4v) is 6.33. The number of thioether (sulfide) groups is 1. The number of likely N-dealkylation sites (tertiary alicyclic amines) is 1. The van der Waals surface area contributed by atoms with Gasteiger partial charge in [0.05, 0.1) is 4.90 Å². The molecule has 1 N–H and O–H groups in total. The third-order valence-corrected chi connectivity index (χ3v) is 7.98. The van der Waals surface area contributed by atoms with E-state index in [0.717, 1.165) is 43.1 Å². The van der Waals surface area contributed by atoms with Crippen molar-refractivity contribution in [2.75, 3.05) is 31.1 Å². The Bertz CT molecular complexity index is 662. The molecule has 0 aromatic heterocycles. The lowest BCUT2D eigenvalue weighted by Gasteiger charge is -2.35. The molecule has 2 saturated heterocycles. The fourth-order valence-electron chi connectivity index (χ4n) is 3.74. The molecule has 24 heavy (non-hydrogen) atoms. The summed E-state index contributed by atoms with van der Waals surface area (Å²) >= 11 is 2.06. The van der Waals surface area contributed by atoms with E-state index in [1.54, 1.807) is 6.07 Å². The van der Waals surface area contributed by atoms with Crippen LogP contribution >= 0.6 is 11.8 Å². The van der Waals surface area contributed by atoms with Gasteiger partial charge in [-0.05, 0) is 69.5 Å². The van der Waals surface area contributed by atoms with Crippen LogP contribution in [0.15, 0.2) is 23.1 Å². The first kappa shape index (κ1) is 18.2. The third-order valence-electron chi connectivity index (χ3n) is 5.25. The second-order valence-corrected chi connectivity index (χ2v) is 10.0. The Hall–Kier alpha value is -0.560. The minimum Gasteiger partial charge on any atom is -0.300 e. The lowest BCUT2D eigenvalue weighted by Crippen LogP contribution is -2.43. The smallest absolute Gasteiger partial charge is 0.240 e. The van der Waals surface area contributed by atoms with Crippen LogP contribution in [0.4, 0.5) is 0 Å². The number of hydrogen-bond acceptors (Lipinski definition) is 4. The van der Waals surface area contributed by atoms with Crippen LogP contribution in [0.1, 0.15) is 30.4 Å². The van der Waals surface area contributed by atoms with Crippen molar-refractivity contribution in [1.29, 1.82) is 0 Å². The van der Waals surface area contributed by atoms with Crippen molar-refractivity contribution in [3.63, 3.8) is 0 Å². The number of benzene rings is 1. The number of aryl methyl sites for hydroxylation is 2. The summed E-state index contributed by atoms with van der Waals surface area (Å²) in [7, 11) is -3.40. The van der Waals surface area contributed by atoms with Crippen LogP contribution in [0.5, 0.6) is 0 Å². The van der Waals surface area contributed by atoms with Gasteiger partial charge < -0.3 is 0 Å². The standard InChI is InChI=1S/C18H28N2O2S2/c1-14-3-4-18(15(2)11-14)24(21,22)19-12-16-5-8-20(9-6-16)17-7-10-23-13-17/h3-4,11,16-17,19H,5-10,12-13H2,1-2H3. The molecule has 1 aromatic rings. The van der Waals surface area contributed by atoms with Gasteiger partial charge in [-0.25, -0.2) is 13.1 Å². The van der Waals surface area contributed by atoms with Gasteiger partial charge >= 0.3 is 0 Å². The summed E-state index contributed by atoms with van der Waals surface area (Å²) in [5, 5.41) is 0. The van der Waals surface area contributed by atoms with Crippen LogP contribution in [0.3, 0.4) is 0 Å². The van der Waals surface area contributed by atoms with E-state index in [2.05, 4.69) is 21.4 Å². The van der Waals surface area contributed by atoms with E-state index in [-0.39, 0.29) is 0 Å². The van der Waals surface area contributed by atoms with E-state index in [1.807, 2.05) is 26.0 Å². The average molecular weight is 369 g/mol. The second kappa shape index (κ2) is 7.77. The first-order chi connectivity index (χ1) is 11.5. The van der Waals surface area contributed by atoms with Crippen LogP contribution in [-0.4, -0.2) is 50.5 Å². The zero-order valence-electron chi connectivity index (χ0n) is 14.6. The SMILES string of the molecule is Cc1ccc(S(=O)(=O)NCC2CCN(C3CCSC3)CC2)c(C)c1. The number of piperidine rings is 1. The highest BCUT2D eigenvalue weighted by atomic mass is 32.2. The average Bonchev–Trinajstić information content (AvgIpc) is 3.07. The van der Waals surface area contributed by atoms with Gasteiger partial charge in [-0.2, -0.15) is 11.8 Å². The molecule has 1 aromatic carbocycles. The Balaban J connectivity index is 1.52. The molecule has 1 unspecified atom stereocenters.